The predicted molar refractivity (Wildman–Crippen MR) is 84.3 cm³/mol. The van der Waals surface area contributed by atoms with Crippen LogP contribution in [0.15, 0.2) is 39.9 Å². The highest BCUT2D eigenvalue weighted by molar-refractivity contribution is 7.98. The SMILES string of the molecule is COc1cc([C@@H](C)NCc2ccsc2)ccc1SC. The molecule has 0 bridgehead atoms. The minimum absolute atomic E-state index is 0.310. The Morgan fingerprint density at radius 3 is 2.84 bits per heavy atom. The summed E-state index contributed by atoms with van der Waals surface area (Å²) in [5.41, 5.74) is 2.59. The van der Waals surface area contributed by atoms with E-state index >= 15 is 0 Å². The van der Waals surface area contributed by atoms with Crippen LogP contribution in [0.4, 0.5) is 0 Å². The van der Waals surface area contributed by atoms with Crippen molar-refractivity contribution in [3.63, 3.8) is 0 Å². The molecule has 2 rings (SSSR count). The Bertz CT molecular complexity index is 511. The van der Waals surface area contributed by atoms with Gasteiger partial charge in [-0.3, -0.25) is 0 Å². The lowest BCUT2D eigenvalue weighted by atomic mass is 10.1. The van der Waals surface area contributed by atoms with Gasteiger partial charge in [0.2, 0.25) is 0 Å². The van der Waals surface area contributed by atoms with E-state index < -0.39 is 0 Å². The predicted octanol–water partition coefficient (Wildman–Crippen LogP) is 4.33. The van der Waals surface area contributed by atoms with E-state index in [0.717, 1.165) is 12.3 Å². The molecule has 2 aromatic rings. The summed E-state index contributed by atoms with van der Waals surface area (Å²) in [6, 6.07) is 8.88. The molecule has 1 atom stereocenters. The van der Waals surface area contributed by atoms with Crippen LogP contribution in [0, 0.1) is 0 Å². The topological polar surface area (TPSA) is 21.3 Å². The van der Waals surface area contributed by atoms with E-state index in [9.17, 15) is 0 Å². The summed E-state index contributed by atoms with van der Waals surface area (Å²) >= 11 is 3.44. The number of thiophene rings is 1. The van der Waals surface area contributed by atoms with Crippen LogP contribution < -0.4 is 10.1 Å². The number of methoxy groups -OCH3 is 1. The number of nitrogens with one attached hydrogen (secondary N) is 1. The largest absolute Gasteiger partial charge is 0.496 e. The van der Waals surface area contributed by atoms with Crippen LogP contribution in [-0.2, 0) is 6.54 Å². The van der Waals surface area contributed by atoms with Gasteiger partial charge >= 0.3 is 0 Å². The molecule has 2 nitrogen and oxygen atoms in total. The number of benzene rings is 1. The van der Waals surface area contributed by atoms with Crippen LogP contribution >= 0.6 is 23.1 Å². The zero-order valence-corrected chi connectivity index (χ0v) is 13.1. The maximum atomic E-state index is 5.43. The fourth-order valence-corrected chi connectivity index (χ4v) is 3.12. The van der Waals surface area contributed by atoms with Crippen molar-refractivity contribution in [3.05, 3.63) is 46.2 Å². The smallest absolute Gasteiger partial charge is 0.132 e. The second-order valence-corrected chi connectivity index (χ2v) is 5.98. The van der Waals surface area contributed by atoms with E-state index in [-0.39, 0.29) is 0 Å². The van der Waals surface area contributed by atoms with Crippen molar-refractivity contribution < 1.29 is 4.74 Å². The Morgan fingerprint density at radius 1 is 1.37 bits per heavy atom. The van der Waals surface area contributed by atoms with Gasteiger partial charge in [0.25, 0.3) is 0 Å². The molecule has 0 aliphatic heterocycles. The van der Waals surface area contributed by atoms with Crippen molar-refractivity contribution in [1.82, 2.24) is 5.32 Å². The highest BCUT2D eigenvalue weighted by Gasteiger charge is 2.09. The summed E-state index contributed by atoms with van der Waals surface area (Å²) in [6.45, 7) is 3.08. The molecular formula is C15H19NOS2. The first-order valence-corrected chi connectivity index (χ1v) is 8.37. The number of hydrogen-bond donors (Lipinski definition) is 1. The lowest BCUT2D eigenvalue weighted by Gasteiger charge is -2.16. The van der Waals surface area contributed by atoms with Gasteiger partial charge in [0.05, 0.1) is 7.11 Å². The zero-order valence-electron chi connectivity index (χ0n) is 11.5. The Morgan fingerprint density at radius 2 is 2.21 bits per heavy atom. The Kier molecular flexibility index (Phi) is 5.31. The van der Waals surface area contributed by atoms with Gasteiger partial charge in [-0.15, -0.1) is 11.8 Å². The lowest BCUT2D eigenvalue weighted by Crippen LogP contribution is -2.17. The van der Waals surface area contributed by atoms with Gasteiger partial charge in [-0.2, -0.15) is 11.3 Å². The summed E-state index contributed by atoms with van der Waals surface area (Å²) < 4.78 is 5.43. The van der Waals surface area contributed by atoms with E-state index in [1.165, 1.54) is 16.0 Å². The summed E-state index contributed by atoms with van der Waals surface area (Å²) in [4.78, 5) is 1.18. The molecule has 0 fully saturated rings. The molecule has 1 aromatic heterocycles. The fourth-order valence-electron chi connectivity index (χ4n) is 1.90. The van der Waals surface area contributed by atoms with Gasteiger partial charge in [-0.05, 0) is 53.3 Å². The number of ether oxygens (including phenoxy) is 1. The standard InChI is InChI=1S/C15H19NOS2/c1-11(16-9-12-6-7-19-10-12)13-4-5-15(18-3)14(8-13)17-2/h4-8,10-11,16H,9H2,1-3H3/t11-/m1/s1. The molecule has 0 saturated carbocycles. The highest BCUT2D eigenvalue weighted by Crippen LogP contribution is 2.30. The molecule has 0 unspecified atom stereocenters. The van der Waals surface area contributed by atoms with Crippen molar-refractivity contribution in [2.45, 2.75) is 24.4 Å². The first kappa shape index (κ1) is 14.4. The van der Waals surface area contributed by atoms with Crippen molar-refractivity contribution in [2.75, 3.05) is 13.4 Å². The lowest BCUT2D eigenvalue weighted by molar-refractivity contribution is 0.403. The third-order valence-electron chi connectivity index (χ3n) is 3.10. The van der Waals surface area contributed by atoms with Crippen molar-refractivity contribution >= 4 is 23.1 Å². The van der Waals surface area contributed by atoms with Crippen molar-refractivity contribution in [2.24, 2.45) is 0 Å². The Labute approximate surface area is 123 Å². The summed E-state index contributed by atoms with van der Waals surface area (Å²) in [5, 5.41) is 7.82. The monoisotopic (exact) mass is 293 g/mol. The van der Waals surface area contributed by atoms with Crippen LogP contribution in [0.3, 0.4) is 0 Å². The summed E-state index contributed by atoms with van der Waals surface area (Å²) in [6.07, 6.45) is 2.07. The van der Waals surface area contributed by atoms with Gasteiger partial charge in [0, 0.05) is 17.5 Å². The summed E-state index contributed by atoms with van der Waals surface area (Å²) in [7, 11) is 1.72. The molecule has 1 heterocycles. The average Bonchev–Trinajstić information content (AvgIpc) is 2.97. The Hall–Kier alpha value is -0.970. The molecule has 4 heteroatoms. The van der Waals surface area contributed by atoms with Crippen molar-refractivity contribution in [1.29, 1.82) is 0 Å². The van der Waals surface area contributed by atoms with Crippen LogP contribution in [0.2, 0.25) is 0 Å². The molecule has 0 aliphatic rings. The average molecular weight is 293 g/mol. The van der Waals surface area contributed by atoms with Gasteiger partial charge in [-0.1, -0.05) is 6.07 Å². The minimum Gasteiger partial charge on any atom is -0.496 e. The maximum absolute atomic E-state index is 5.43. The fraction of sp³-hybridized carbons (Fsp3) is 0.333. The minimum atomic E-state index is 0.310. The van der Waals surface area contributed by atoms with Gasteiger partial charge in [0.1, 0.15) is 5.75 Å². The normalized spacial score (nSPS) is 12.4. The van der Waals surface area contributed by atoms with E-state index in [2.05, 4.69) is 53.5 Å². The highest BCUT2D eigenvalue weighted by atomic mass is 32.2. The molecule has 19 heavy (non-hydrogen) atoms. The second kappa shape index (κ2) is 6.98. The first-order chi connectivity index (χ1) is 9.24. The Balaban J connectivity index is 2.04. The van der Waals surface area contributed by atoms with E-state index in [1.807, 2.05) is 0 Å². The molecular weight excluding hydrogens is 274 g/mol. The number of rotatable bonds is 6. The van der Waals surface area contributed by atoms with E-state index in [4.69, 9.17) is 4.74 Å². The van der Waals surface area contributed by atoms with Gasteiger partial charge in [0.15, 0.2) is 0 Å². The van der Waals surface area contributed by atoms with Crippen molar-refractivity contribution in [3.8, 4) is 5.75 Å². The van der Waals surface area contributed by atoms with Crippen LogP contribution in [0.25, 0.3) is 0 Å². The number of thioether (sulfide) groups is 1. The molecule has 0 spiro atoms. The molecule has 0 saturated heterocycles. The molecule has 1 N–H and O–H groups in total. The van der Waals surface area contributed by atoms with Crippen LogP contribution in [0.5, 0.6) is 5.75 Å². The summed E-state index contributed by atoms with van der Waals surface area (Å²) in [5.74, 6) is 0.953. The molecule has 0 amide bonds. The van der Waals surface area contributed by atoms with Gasteiger partial charge in [-0.25, -0.2) is 0 Å². The van der Waals surface area contributed by atoms with E-state index in [1.54, 1.807) is 30.2 Å². The molecule has 1 aromatic carbocycles. The van der Waals surface area contributed by atoms with Crippen LogP contribution in [0.1, 0.15) is 24.1 Å². The molecule has 0 aliphatic carbocycles. The molecule has 0 radical (unpaired) electrons. The van der Waals surface area contributed by atoms with Crippen LogP contribution in [-0.4, -0.2) is 13.4 Å². The molecule has 102 valence electrons. The second-order valence-electron chi connectivity index (χ2n) is 4.35. The van der Waals surface area contributed by atoms with Gasteiger partial charge < -0.3 is 10.1 Å². The maximum Gasteiger partial charge on any atom is 0.132 e. The third kappa shape index (κ3) is 3.75. The number of hydrogen-bond acceptors (Lipinski definition) is 4. The van der Waals surface area contributed by atoms with E-state index in [0.29, 0.717) is 6.04 Å². The zero-order chi connectivity index (χ0) is 13.7. The quantitative estimate of drug-likeness (QED) is 0.801. The third-order valence-corrected chi connectivity index (χ3v) is 4.61. The first-order valence-electron chi connectivity index (χ1n) is 6.21.